The van der Waals surface area contributed by atoms with E-state index in [0.717, 1.165) is 83.5 Å². The van der Waals surface area contributed by atoms with Crippen LogP contribution in [0, 0.1) is 0 Å². The van der Waals surface area contributed by atoms with Crippen molar-refractivity contribution in [3.63, 3.8) is 0 Å². The fourth-order valence-corrected chi connectivity index (χ4v) is 6.55. The average molecular weight is 917 g/mol. The van der Waals surface area contributed by atoms with Crippen molar-refractivity contribution < 1.29 is 66.7 Å². The Labute approximate surface area is 371 Å². The molecule has 0 bridgehead atoms. The summed E-state index contributed by atoms with van der Waals surface area (Å²) in [7, 11) is -9.72. The van der Waals surface area contributed by atoms with E-state index in [9.17, 15) is 33.8 Å². The number of phosphoric ester groups is 2. The largest absolute Gasteiger partial charge is 0.472 e. The lowest BCUT2D eigenvalue weighted by Gasteiger charge is -2.20. The maximum Gasteiger partial charge on any atom is 0.472 e. The molecule has 5 N–H and O–H groups in total. The molecule has 0 radical (unpaired) electrons. The van der Waals surface area contributed by atoms with Crippen LogP contribution in [-0.4, -0.2) is 81.6 Å². The Bertz CT molecular complexity index is 1430. The number of phosphoric acid groups is 2. The summed E-state index contributed by atoms with van der Waals surface area (Å²) in [5.74, 6) is -1.16. The van der Waals surface area contributed by atoms with Gasteiger partial charge < -0.3 is 34.4 Å². The molecule has 0 aliphatic carbocycles. The smallest absolute Gasteiger partial charge is 0.462 e. The van der Waals surface area contributed by atoms with E-state index in [1.807, 2.05) is 42.5 Å². The molecule has 0 aromatic rings. The number of aliphatic hydroxyl groups excluding tert-OH is 2. The predicted octanol–water partition coefficient (Wildman–Crippen LogP) is 10.5. The first kappa shape index (κ1) is 59.3. The van der Waals surface area contributed by atoms with Gasteiger partial charge in [0.05, 0.1) is 25.9 Å². The molecule has 0 saturated heterocycles. The zero-order valence-corrected chi connectivity index (χ0v) is 39.1. The topological polar surface area (TPSA) is 216 Å². The summed E-state index contributed by atoms with van der Waals surface area (Å²) < 4.78 is 47.7. The molecular weight excluding hydrogens is 838 g/mol. The summed E-state index contributed by atoms with van der Waals surface area (Å²) in [4.78, 5) is 52.7. The Morgan fingerprint density at radius 2 is 1.03 bits per heavy atom. The van der Waals surface area contributed by atoms with E-state index in [1.165, 1.54) is 19.3 Å². The molecular formula is C46H78O14P2. The normalized spacial score (nSPS) is 15.3. The second-order valence-electron chi connectivity index (χ2n) is 14.8. The van der Waals surface area contributed by atoms with Crippen LogP contribution in [0.5, 0.6) is 0 Å². The van der Waals surface area contributed by atoms with Crippen molar-refractivity contribution in [2.45, 2.75) is 167 Å². The molecule has 0 saturated carbocycles. The fourth-order valence-electron chi connectivity index (χ4n) is 5.40. The van der Waals surface area contributed by atoms with Crippen molar-refractivity contribution in [3.8, 4) is 0 Å². The second kappa shape index (κ2) is 41.0. The molecule has 0 spiro atoms. The molecule has 62 heavy (non-hydrogen) atoms. The third-order valence-corrected chi connectivity index (χ3v) is 10.3. The van der Waals surface area contributed by atoms with Crippen LogP contribution in [0.2, 0.25) is 0 Å². The first-order valence-corrected chi connectivity index (χ1v) is 25.4. The number of rotatable bonds is 41. The molecule has 0 rings (SSSR count). The van der Waals surface area contributed by atoms with Crippen LogP contribution in [0.25, 0.3) is 0 Å². The number of aliphatic hydroxyl groups is 2. The summed E-state index contributed by atoms with van der Waals surface area (Å²) in [5, 5.41) is 19.6. The number of carbonyl (C=O) groups is 2. The van der Waals surface area contributed by atoms with Gasteiger partial charge in [0.2, 0.25) is 0 Å². The highest BCUT2D eigenvalue weighted by Crippen LogP contribution is 2.43. The van der Waals surface area contributed by atoms with Gasteiger partial charge in [0, 0.05) is 12.8 Å². The van der Waals surface area contributed by atoms with Crippen LogP contribution in [0.4, 0.5) is 0 Å². The van der Waals surface area contributed by atoms with E-state index in [0.29, 0.717) is 19.3 Å². The number of esters is 2. The number of hydrogen-bond donors (Lipinski definition) is 5. The van der Waals surface area contributed by atoms with E-state index >= 15 is 0 Å². The predicted molar refractivity (Wildman–Crippen MR) is 245 cm³/mol. The van der Waals surface area contributed by atoms with E-state index in [-0.39, 0.29) is 12.8 Å². The molecule has 0 aliphatic heterocycles. The number of hydrogen-bond acceptors (Lipinski definition) is 11. The van der Waals surface area contributed by atoms with Gasteiger partial charge in [-0.05, 0) is 77.0 Å². The molecule has 0 amide bonds. The van der Waals surface area contributed by atoms with E-state index < -0.39 is 72.3 Å². The number of unbranched alkanes of at least 4 members (excludes halogenated alkanes) is 10. The minimum absolute atomic E-state index is 0.0804. The molecule has 0 aliphatic rings. The minimum Gasteiger partial charge on any atom is -0.462 e. The molecule has 14 nitrogen and oxygen atoms in total. The van der Waals surface area contributed by atoms with Crippen molar-refractivity contribution in [2.24, 2.45) is 0 Å². The average Bonchev–Trinajstić information content (AvgIpc) is 3.23. The lowest BCUT2D eigenvalue weighted by molar-refractivity contribution is -0.161. The molecule has 0 fully saturated rings. The highest BCUT2D eigenvalue weighted by molar-refractivity contribution is 7.47. The van der Waals surface area contributed by atoms with Crippen molar-refractivity contribution in [1.29, 1.82) is 0 Å². The number of ether oxygens (including phenoxy) is 2. The zero-order valence-electron chi connectivity index (χ0n) is 37.3. The third-order valence-electron chi connectivity index (χ3n) is 8.85. The Morgan fingerprint density at radius 3 is 1.65 bits per heavy atom. The van der Waals surface area contributed by atoms with Crippen molar-refractivity contribution in [1.82, 2.24) is 0 Å². The quantitative estimate of drug-likeness (QED) is 0.0127. The van der Waals surface area contributed by atoms with Gasteiger partial charge in [-0.2, -0.15) is 0 Å². The van der Waals surface area contributed by atoms with Crippen LogP contribution < -0.4 is 0 Å². The Balaban J connectivity index is 4.69. The highest BCUT2D eigenvalue weighted by Gasteiger charge is 2.28. The lowest BCUT2D eigenvalue weighted by Crippen LogP contribution is -2.30. The van der Waals surface area contributed by atoms with Crippen LogP contribution in [0.3, 0.4) is 0 Å². The van der Waals surface area contributed by atoms with Crippen LogP contribution in [0.15, 0.2) is 85.1 Å². The summed E-state index contributed by atoms with van der Waals surface area (Å²) >= 11 is 0. The van der Waals surface area contributed by atoms with Gasteiger partial charge in [0.1, 0.15) is 12.7 Å². The molecule has 0 aromatic carbocycles. The summed E-state index contributed by atoms with van der Waals surface area (Å²) in [6.45, 7) is 1.49. The van der Waals surface area contributed by atoms with Gasteiger partial charge in [0.25, 0.3) is 0 Å². The van der Waals surface area contributed by atoms with Gasteiger partial charge in [-0.1, -0.05) is 144 Å². The molecule has 356 valence electrons. The Kier molecular flexibility index (Phi) is 39.2. The Hall–Kier alpha value is -2.74. The van der Waals surface area contributed by atoms with E-state index in [2.05, 4.69) is 59.4 Å². The van der Waals surface area contributed by atoms with Crippen molar-refractivity contribution >= 4 is 27.6 Å². The third kappa shape index (κ3) is 43.9. The SMILES string of the molecule is CCCCC/C=C\C/C=C\C/C=C\CCCCCCC(=O)O[C@H](COC(=O)CCC/C=C\C/C=C\C/C=C\C=C\[C@H](O)CCCCC)COP(=O)(O)OC[C@@H](O)COP(=O)(O)O. The molecule has 1 unspecified atom stereocenters. The van der Waals surface area contributed by atoms with Gasteiger partial charge in [-0.15, -0.1) is 0 Å². The van der Waals surface area contributed by atoms with E-state index in [4.69, 9.17) is 23.8 Å². The van der Waals surface area contributed by atoms with Crippen molar-refractivity contribution in [2.75, 3.05) is 26.4 Å². The monoisotopic (exact) mass is 916 g/mol. The summed E-state index contributed by atoms with van der Waals surface area (Å²) in [6.07, 6.45) is 43.3. The maximum atomic E-state index is 12.7. The van der Waals surface area contributed by atoms with Crippen LogP contribution in [0.1, 0.15) is 149 Å². The number of carbonyl (C=O) groups excluding carboxylic acids is 2. The standard InChI is InChI=1S/C46H78O14P2/c1-3-5-7-8-9-10-11-12-13-14-15-16-19-23-26-29-33-37-46(50)60-44(41-59-62(54,55)58-39-43(48)38-57-61(51,52)53)40-56-45(49)36-32-28-25-22-20-17-18-21-24-27-31-35-42(47)34-30-6-4-2/h9-10,12-13,15-18,22,24-25,27,31,35,42-44,47-48H,3-8,11,14,19-21,23,26,28-30,32-34,36-41H2,1-2H3,(H,54,55)(H2,51,52,53)/b10-9-,13-12-,16-15-,18-17-,25-22-,27-24-,35-31+/t42-,43+,44-/m1/s1. The highest BCUT2D eigenvalue weighted by atomic mass is 31.2. The molecule has 4 atom stereocenters. The Morgan fingerprint density at radius 1 is 0.532 bits per heavy atom. The molecule has 0 aromatic heterocycles. The minimum atomic E-state index is -4.88. The first-order chi connectivity index (χ1) is 29.8. The van der Waals surface area contributed by atoms with Crippen molar-refractivity contribution in [3.05, 3.63) is 85.1 Å². The van der Waals surface area contributed by atoms with Gasteiger partial charge in [0.15, 0.2) is 6.10 Å². The lowest BCUT2D eigenvalue weighted by atomic mass is 10.1. The summed E-state index contributed by atoms with van der Waals surface area (Å²) in [6, 6.07) is 0. The number of allylic oxidation sites excluding steroid dienone is 13. The van der Waals surface area contributed by atoms with Gasteiger partial charge >= 0.3 is 27.6 Å². The maximum absolute atomic E-state index is 12.7. The van der Waals surface area contributed by atoms with Gasteiger partial charge in [-0.3, -0.25) is 23.2 Å². The van der Waals surface area contributed by atoms with E-state index in [1.54, 1.807) is 6.08 Å². The van der Waals surface area contributed by atoms with Crippen LogP contribution in [-0.2, 0) is 41.8 Å². The first-order valence-electron chi connectivity index (χ1n) is 22.4. The summed E-state index contributed by atoms with van der Waals surface area (Å²) in [5.41, 5.74) is 0. The van der Waals surface area contributed by atoms with Gasteiger partial charge in [-0.25, -0.2) is 9.13 Å². The van der Waals surface area contributed by atoms with Crippen LogP contribution >= 0.6 is 15.6 Å². The molecule has 16 heteroatoms. The second-order valence-corrected chi connectivity index (χ2v) is 17.5. The fraction of sp³-hybridized carbons (Fsp3) is 0.652. The molecule has 0 heterocycles. The zero-order chi connectivity index (χ0) is 46.0.